The molecular formula is C15H18N2O3S. The van der Waals surface area contributed by atoms with Gasteiger partial charge in [0, 0.05) is 17.5 Å². The van der Waals surface area contributed by atoms with Crippen LogP contribution in [0.3, 0.4) is 0 Å². The number of nitrogens with zero attached hydrogens (tertiary/aromatic N) is 1. The highest BCUT2D eigenvalue weighted by Crippen LogP contribution is 2.26. The fourth-order valence-corrected chi connectivity index (χ4v) is 2.98. The maximum Gasteiger partial charge on any atom is 0.292 e. The lowest BCUT2D eigenvalue weighted by molar-refractivity contribution is -0.384. The molecule has 1 unspecified atom stereocenters. The second-order valence-electron chi connectivity index (χ2n) is 5.04. The molecule has 0 amide bonds. The molecule has 0 aliphatic carbocycles. The molecule has 2 rings (SSSR count). The summed E-state index contributed by atoms with van der Waals surface area (Å²) in [7, 11) is 0. The molecule has 0 saturated heterocycles. The molecule has 1 aromatic heterocycles. The van der Waals surface area contributed by atoms with Gasteiger partial charge in [0.15, 0.2) is 0 Å². The van der Waals surface area contributed by atoms with Crippen molar-refractivity contribution in [3.8, 4) is 0 Å². The fourth-order valence-electron chi connectivity index (χ4n) is 2.11. The second-order valence-corrected chi connectivity index (χ2v) is 6.07. The molecule has 0 bridgehead atoms. The van der Waals surface area contributed by atoms with Gasteiger partial charge in [-0.1, -0.05) is 13.0 Å². The number of rotatable bonds is 7. The Labute approximate surface area is 127 Å². The molecule has 5 nitrogen and oxygen atoms in total. The van der Waals surface area contributed by atoms with E-state index in [1.54, 1.807) is 23.5 Å². The number of aliphatic hydroxyl groups is 1. The third-order valence-electron chi connectivity index (χ3n) is 3.21. The molecule has 0 radical (unpaired) electrons. The van der Waals surface area contributed by atoms with E-state index in [-0.39, 0.29) is 12.3 Å². The fraction of sp³-hybridized carbons (Fsp3) is 0.333. The van der Waals surface area contributed by atoms with Crippen LogP contribution in [0.15, 0.2) is 35.7 Å². The van der Waals surface area contributed by atoms with Crippen LogP contribution in [0, 0.1) is 16.0 Å². The molecule has 0 fully saturated rings. The van der Waals surface area contributed by atoms with Crippen molar-refractivity contribution in [1.82, 2.24) is 0 Å². The first-order valence-corrected chi connectivity index (χ1v) is 7.62. The van der Waals surface area contributed by atoms with Gasteiger partial charge in [-0.2, -0.15) is 0 Å². The van der Waals surface area contributed by atoms with Crippen LogP contribution in [0.25, 0.3) is 0 Å². The van der Waals surface area contributed by atoms with Crippen molar-refractivity contribution >= 4 is 22.7 Å². The Hall–Kier alpha value is -1.92. The van der Waals surface area contributed by atoms with Crippen molar-refractivity contribution in [1.29, 1.82) is 0 Å². The molecule has 2 aromatic rings. The molecule has 1 aromatic carbocycles. The van der Waals surface area contributed by atoms with Crippen molar-refractivity contribution < 1.29 is 10.0 Å². The summed E-state index contributed by atoms with van der Waals surface area (Å²) in [6.07, 6.45) is 0.943. The van der Waals surface area contributed by atoms with Crippen LogP contribution in [0.1, 0.15) is 17.4 Å². The van der Waals surface area contributed by atoms with E-state index in [0.717, 1.165) is 6.42 Å². The van der Waals surface area contributed by atoms with Gasteiger partial charge in [0.1, 0.15) is 5.69 Å². The Bertz CT molecular complexity index is 599. The Kier molecular flexibility index (Phi) is 5.30. The second kappa shape index (κ2) is 7.19. The van der Waals surface area contributed by atoms with Crippen LogP contribution < -0.4 is 5.32 Å². The molecule has 0 spiro atoms. The molecule has 0 saturated carbocycles. The molecule has 112 valence electrons. The number of anilines is 1. The minimum absolute atomic E-state index is 0.0375. The molecule has 1 atom stereocenters. The minimum atomic E-state index is -0.409. The quantitative estimate of drug-likeness (QED) is 0.607. The van der Waals surface area contributed by atoms with E-state index in [2.05, 4.69) is 18.3 Å². The van der Waals surface area contributed by atoms with Crippen molar-refractivity contribution in [2.45, 2.75) is 20.0 Å². The standard InChI is InChI=1S/C15H18N2O3S/c1-11(7-13-3-2-6-21-13)9-16-14-8-12(10-18)4-5-15(14)17(19)20/h2-6,8,11,16,18H,7,9-10H2,1H3. The lowest BCUT2D eigenvalue weighted by Gasteiger charge is -2.13. The Morgan fingerprint density at radius 2 is 2.24 bits per heavy atom. The molecule has 2 N–H and O–H groups in total. The molecule has 6 heteroatoms. The summed E-state index contributed by atoms with van der Waals surface area (Å²) in [4.78, 5) is 11.9. The van der Waals surface area contributed by atoms with E-state index in [4.69, 9.17) is 5.11 Å². The number of hydrogen-bond acceptors (Lipinski definition) is 5. The van der Waals surface area contributed by atoms with Crippen LogP contribution in [-0.4, -0.2) is 16.6 Å². The summed E-state index contributed by atoms with van der Waals surface area (Å²) >= 11 is 1.72. The smallest absolute Gasteiger partial charge is 0.292 e. The third kappa shape index (κ3) is 4.27. The first kappa shape index (κ1) is 15.5. The average molecular weight is 306 g/mol. The van der Waals surface area contributed by atoms with E-state index in [0.29, 0.717) is 23.7 Å². The largest absolute Gasteiger partial charge is 0.392 e. The Balaban J connectivity index is 2.02. The maximum atomic E-state index is 11.0. The summed E-state index contributed by atoms with van der Waals surface area (Å²) in [6.45, 7) is 2.62. The van der Waals surface area contributed by atoms with Gasteiger partial charge in [-0.25, -0.2) is 0 Å². The van der Waals surface area contributed by atoms with Crippen LogP contribution in [0.2, 0.25) is 0 Å². The highest BCUT2D eigenvalue weighted by molar-refractivity contribution is 7.09. The predicted octanol–water partition coefficient (Wildman–Crippen LogP) is 3.44. The van der Waals surface area contributed by atoms with Gasteiger partial charge in [-0.3, -0.25) is 10.1 Å². The van der Waals surface area contributed by atoms with Crippen molar-refractivity contribution in [2.75, 3.05) is 11.9 Å². The molecule has 0 aliphatic heterocycles. The van der Waals surface area contributed by atoms with Crippen molar-refractivity contribution in [3.63, 3.8) is 0 Å². The van der Waals surface area contributed by atoms with Gasteiger partial charge < -0.3 is 10.4 Å². The highest BCUT2D eigenvalue weighted by Gasteiger charge is 2.15. The van der Waals surface area contributed by atoms with Gasteiger partial charge in [-0.05, 0) is 41.5 Å². The number of hydrogen-bond donors (Lipinski definition) is 2. The predicted molar refractivity (Wildman–Crippen MR) is 84.7 cm³/mol. The topological polar surface area (TPSA) is 75.4 Å². The van der Waals surface area contributed by atoms with Crippen LogP contribution in [0.4, 0.5) is 11.4 Å². The van der Waals surface area contributed by atoms with Crippen LogP contribution >= 0.6 is 11.3 Å². The van der Waals surface area contributed by atoms with Crippen LogP contribution in [-0.2, 0) is 13.0 Å². The Morgan fingerprint density at radius 1 is 1.43 bits per heavy atom. The molecule has 1 heterocycles. The van der Waals surface area contributed by atoms with Gasteiger partial charge >= 0.3 is 0 Å². The normalized spacial score (nSPS) is 12.1. The summed E-state index contributed by atoms with van der Waals surface area (Å²) in [5, 5.41) is 25.4. The Morgan fingerprint density at radius 3 is 2.86 bits per heavy atom. The highest BCUT2D eigenvalue weighted by atomic mass is 32.1. The van der Waals surface area contributed by atoms with Crippen molar-refractivity contribution in [2.24, 2.45) is 5.92 Å². The van der Waals surface area contributed by atoms with Gasteiger partial charge in [0.2, 0.25) is 0 Å². The summed E-state index contributed by atoms with van der Waals surface area (Å²) in [5.41, 5.74) is 1.16. The van der Waals surface area contributed by atoms with Gasteiger partial charge in [0.05, 0.1) is 11.5 Å². The van der Waals surface area contributed by atoms with E-state index in [9.17, 15) is 10.1 Å². The zero-order chi connectivity index (χ0) is 15.2. The van der Waals surface area contributed by atoms with Gasteiger partial charge in [0.25, 0.3) is 5.69 Å². The number of thiophene rings is 1. The zero-order valence-corrected chi connectivity index (χ0v) is 12.6. The minimum Gasteiger partial charge on any atom is -0.392 e. The molecule has 21 heavy (non-hydrogen) atoms. The zero-order valence-electron chi connectivity index (χ0n) is 11.8. The van der Waals surface area contributed by atoms with E-state index >= 15 is 0 Å². The number of nitro benzene ring substituents is 1. The number of benzene rings is 1. The third-order valence-corrected chi connectivity index (χ3v) is 4.11. The molecular weight excluding hydrogens is 288 g/mol. The summed E-state index contributed by atoms with van der Waals surface area (Å²) in [5.74, 6) is 0.362. The first-order chi connectivity index (χ1) is 10.1. The number of nitrogens with one attached hydrogen (secondary N) is 1. The van der Waals surface area contributed by atoms with E-state index in [1.165, 1.54) is 10.9 Å². The van der Waals surface area contributed by atoms with Gasteiger partial charge in [-0.15, -0.1) is 11.3 Å². The average Bonchev–Trinajstić information content (AvgIpc) is 2.97. The number of nitro groups is 1. The monoisotopic (exact) mass is 306 g/mol. The lowest BCUT2D eigenvalue weighted by Crippen LogP contribution is -2.14. The van der Waals surface area contributed by atoms with Crippen LogP contribution in [0.5, 0.6) is 0 Å². The summed E-state index contributed by atoms with van der Waals surface area (Å²) < 4.78 is 0. The lowest BCUT2D eigenvalue weighted by atomic mass is 10.1. The van der Waals surface area contributed by atoms with E-state index in [1.807, 2.05) is 11.4 Å². The molecule has 0 aliphatic rings. The van der Waals surface area contributed by atoms with Crippen molar-refractivity contribution in [3.05, 3.63) is 56.3 Å². The summed E-state index contributed by atoms with van der Waals surface area (Å²) in [6, 6.07) is 8.75. The maximum absolute atomic E-state index is 11.0. The first-order valence-electron chi connectivity index (χ1n) is 6.74. The number of aliphatic hydroxyl groups excluding tert-OH is 1. The SMILES string of the molecule is CC(CNc1cc(CO)ccc1[N+](=O)[O-])Cc1cccs1. The van der Waals surface area contributed by atoms with E-state index < -0.39 is 4.92 Å².